The van der Waals surface area contributed by atoms with Crippen molar-refractivity contribution in [2.45, 2.75) is 25.9 Å². The molecule has 0 aliphatic carbocycles. The fourth-order valence-corrected chi connectivity index (χ4v) is 1.32. The van der Waals surface area contributed by atoms with Crippen LogP contribution in [-0.2, 0) is 6.42 Å². The van der Waals surface area contributed by atoms with Gasteiger partial charge in [0.05, 0.1) is 12.2 Å². The SMILES string of the molecule is CCc1cc(C(=O)O)cc(NCC(C)(O)CO)n1. The molecule has 0 amide bonds. The largest absolute Gasteiger partial charge is 0.478 e. The summed E-state index contributed by atoms with van der Waals surface area (Å²) in [4.78, 5) is 15.1. The number of rotatable bonds is 6. The lowest BCUT2D eigenvalue weighted by atomic mass is 10.1. The molecule has 18 heavy (non-hydrogen) atoms. The Bertz CT molecular complexity index is 432. The maximum absolute atomic E-state index is 10.9. The van der Waals surface area contributed by atoms with Gasteiger partial charge >= 0.3 is 5.97 Å². The molecule has 0 aliphatic rings. The molecule has 1 rings (SSSR count). The molecule has 0 saturated carbocycles. The summed E-state index contributed by atoms with van der Waals surface area (Å²) in [6, 6.07) is 2.91. The molecular formula is C12H18N2O4. The predicted molar refractivity (Wildman–Crippen MR) is 66.8 cm³/mol. The third kappa shape index (κ3) is 3.97. The summed E-state index contributed by atoms with van der Waals surface area (Å²) in [6.07, 6.45) is 0.617. The minimum absolute atomic E-state index is 0.0860. The lowest BCUT2D eigenvalue weighted by molar-refractivity contribution is 0.0131. The van der Waals surface area contributed by atoms with E-state index in [9.17, 15) is 9.90 Å². The monoisotopic (exact) mass is 254 g/mol. The van der Waals surface area contributed by atoms with Crippen molar-refractivity contribution in [3.05, 3.63) is 23.4 Å². The van der Waals surface area contributed by atoms with E-state index in [4.69, 9.17) is 10.2 Å². The molecule has 6 nitrogen and oxygen atoms in total. The number of hydrogen-bond acceptors (Lipinski definition) is 5. The summed E-state index contributed by atoms with van der Waals surface area (Å²) in [5.74, 6) is -0.649. The molecule has 0 aliphatic heterocycles. The van der Waals surface area contributed by atoms with Crippen LogP contribution in [0.4, 0.5) is 5.82 Å². The van der Waals surface area contributed by atoms with E-state index in [0.717, 1.165) is 0 Å². The Labute approximate surface area is 105 Å². The maximum atomic E-state index is 10.9. The number of nitrogens with zero attached hydrogens (tertiary/aromatic N) is 1. The summed E-state index contributed by atoms with van der Waals surface area (Å²) in [5.41, 5.74) is -0.471. The van der Waals surface area contributed by atoms with E-state index in [1.165, 1.54) is 19.1 Å². The molecule has 1 unspecified atom stereocenters. The third-order valence-corrected chi connectivity index (χ3v) is 2.48. The average Bonchev–Trinajstić information content (AvgIpc) is 2.36. The lowest BCUT2D eigenvalue weighted by Gasteiger charge is -2.21. The quantitative estimate of drug-likeness (QED) is 0.589. The van der Waals surface area contributed by atoms with E-state index in [-0.39, 0.29) is 18.7 Å². The number of nitrogens with one attached hydrogen (secondary N) is 1. The summed E-state index contributed by atoms with van der Waals surface area (Å²) < 4.78 is 0. The van der Waals surface area contributed by atoms with Gasteiger partial charge in [-0.3, -0.25) is 0 Å². The fourth-order valence-electron chi connectivity index (χ4n) is 1.32. The molecule has 1 heterocycles. The summed E-state index contributed by atoms with van der Waals surface area (Å²) in [7, 11) is 0. The van der Waals surface area contributed by atoms with Gasteiger partial charge in [0, 0.05) is 12.2 Å². The topological polar surface area (TPSA) is 103 Å². The van der Waals surface area contributed by atoms with E-state index in [1.807, 2.05) is 6.92 Å². The number of aliphatic hydroxyl groups excluding tert-OH is 1. The molecule has 0 spiro atoms. The Morgan fingerprint density at radius 3 is 2.67 bits per heavy atom. The van der Waals surface area contributed by atoms with Crippen molar-refractivity contribution in [2.75, 3.05) is 18.5 Å². The number of aromatic nitrogens is 1. The van der Waals surface area contributed by atoms with Crippen LogP contribution in [0.15, 0.2) is 12.1 Å². The molecule has 100 valence electrons. The van der Waals surface area contributed by atoms with E-state index < -0.39 is 11.6 Å². The molecule has 6 heteroatoms. The minimum Gasteiger partial charge on any atom is -0.478 e. The van der Waals surface area contributed by atoms with Gasteiger partial charge in [-0.1, -0.05) is 6.92 Å². The van der Waals surface area contributed by atoms with E-state index in [2.05, 4.69) is 10.3 Å². The molecule has 1 aromatic rings. The van der Waals surface area contributed by atoms with Crippen LogP contribution in [0.1, 0.15) is 29.9 Å². The Balaban J connectivity index is 2.88. The first-order valence-electron chi connectivity index (χ1n) is 5.69. The standard InChI is InChI=1S/C12H18N2O4/c1-3-9-4-8(11(16)17)5-10(14-9)13-6-12(2,18)7-15/h4-5,15,18H,3,6-7H2,1-2H3,(H,13,14)(H,16,17). The van der Waals surface area contributed by atoms with Gasteiger partial charge in [0.2, 0.25) is 0 Å². The van der Waals surface area contributed by atoms with Crippen molar-refractivity contribution in [1.29, 1.82) is 0 Å². The smallest absolute Gasteiger partial charge is 0.335 e. The highest BCUT2D eigenvalue weighted by atomic mass is 16.4. The first-order valence-corrected chi connectivity index (χ1v) is 5.69. The molecule has 1 atom stereocenters. The van der Waals surface area contributed by atoms with Crippen LogP contribution >= 0.6 is 0 Å². The van der Waals surface area contributed by atoms with Crippen LogP contribution in [0.5, 0.6) is 0 Å². The minimum atomic E-state index is -1.27. The van der Waals surface area contributed by atoms with Gasteiger partial charge < -0.3 is 20.6 Å². The van der Waals surface area contributed by atoms with Crippen molar-refractivity contribution in [1.82, 2.24) is 4.98 Å². The van der Waals surface area contributed by atoms with E-state index >= 15 is 0 Å². The Morgan fingerprint density at radius 1 is 1.50 bits per heavy atom. The van der Waals surface area contributed by atoms with Crippen LogP contribution < -0.4 is 5.32 Å². The van der Waals surface area contributed by atoms with E-state index in [1.54, 1.807) is 0 Å². The van der Waals surface area contributed by atoms with Gasteiger partial charge in [-0.05, 0) is 25.5 Å². The van der Waals surface area contributed by atoms with Gasteiger partial charge in [-0.15, -0.1) is 0 Å². The number of carboxylic acids is 1. The Kier molecular flexibility index (Phi) is 4.63. The van der Waals surface area contributed by atoms with Crippen molar-refractivity contribution >= 4 is 11.8 Å². The molecule has 0 radical (unpaired) electrons. The maximum Gasteiger partial charge on any atom is 0.335 e. The number of anilines is 1. The summed E-state index contributed by atoms with van der Waals surface area (Å²) in [6.45, 7) is 3.05. The van der Waals surface area contributed by atoms with Crippen LogP contribution in [0.2, 0.25) is 0 Å². The number of aryl methyl sites for hydroxylation is 1. The Morgan fingerprint density at radius 2 is 2.17 bits per heavy atom. The van der Waals surface area contributed by atoms with Gasteiger partial charge in [-0.2, -0.15) is 0 Å². The molecule has 1 aromatic heterocycles. The van der Waals surface area contributed by atoms with Crippen LogP contribution in [0, 0.1) is 0 Å². The van der Waals surface area contributed by atoms with Gasteiger partial charge in [0.25, 0.3) is 0 Å². The van der Waals surface area contributed by atoms with Crippen LogP contribution in [0.3, 0.4) is 0 Å². The first-order chi connectivity index (χ1) is 8.38. The summed E-state index contributed by atoms with van der Waals surface area (Å²) in [5, 5.41) is 30.3. The molecule has 0 aromatic carbocycles. The number of carbonyl (C=O) groups is 1. The van der Waals surface area contributed by atoms with Gasteiger partial charge in [0.15, 0.2) is 0 Å². The number of aliphatic hydroxyl groups is 2. The fraction of sp³-hybridized carbons (Fsp3) is 0.500. The third-order valence-electron chi connectivity index (χ3n) is 2.48. The second-order valence-electron chi connectivity index (χ2n) is 4.40. The van der Waals surface area contributed by atoms with Gasteiger partial charge in [-0.25, -0.2) is 9.78 Å². The second-order valence-corrected chi connectivity index (χ2v) is 4.40. The van der Waals surface area contributed by atoms with Crippen molar-refractivity contribution < 1.29 is 20.1 Å². The molecule has 4 N–H and O–H groups in total. The highest BCUT2D eigenvalue weighted by Crippen LogP contribution is 2.13. The summed E-state index contributed by atoms with van der Waals surface area (Å²) >= 11 is 0. The zero-order chi connectivity index (χ0) is 13.8. The van der Waals surface area contributed by atoms with Crippen molar-refractivity contribution in [3.8, 4) is 0 Å². The van der Waals surface area contributed by atoms with E-state index in [0.29, 0.717) is 17.9 Å². The van der Waals surface area contributed by atoms with Crippen molar-refractivity contribution in [2.24, 2.45) is 0 Å². The lowest BCUT2D eigenvalue weighted by Crippen LogP contribution is -2.37. The number of pyridine rings is 1. The van der Waals surface area contributed by atoms with Crippen LogP contribution in [0.25, 0.3) is 0 Å². The van der Waals surface area contributed by atoms with Crippen molar-refractivity contribution in [3.63, 3.8) is 0 Å². The predicted octanol–water partition coefficient (Wildman–Crippen LogP) is 0.497. The highest BCUT2D eigenvalue weighted by molar-refractivity contribution is 5.88. The Hall–Kier alpha value is -1.66. The average molecular weight is 254 g/mol. The number of aromatic carboxylic acids is 1. The molecule has 0 fully saturated rings. The molecule has 0 bridgehead atoms. The molecular weight excluding hydrogens is 236 g/mol. The zero-order valence-electron chi connectivity index (χ0n) is 10.5. The highest BCUT2D eigenvalue weighted by Gasteiger charge is 2.19. The van der Waals surface area contributed by atoms with Crippen LogP contribution in [-0.4, -0.2) is 45.0 Å². The number of hydrogen-bond donors (Lipinski definition) is 4. The molecule has 0 saturated heterocycles. The number of carboxylic acid groups (broad SMARTS) is 1. The first kappa shape index (κ1) is 14.4. The van der Waals surface area contributed by atoms with Gasteiger partial charge in [0.1, 0.15) is 11.4 Å². The zero-order valence-corrected chi connectivity index (χ0v) is 10.5. The second kappa shape index (κ2) is 5.79. The normalized spacial score (nSPS) is 14.0.